The van der Waals surface area contributed by atoms with Gasteiger partial charge in [0.2, 0.25) is 11.8 Å². The maximum atomic E-state index is 12.4. The standard InChI is InChI=1S/C43H87N3O3.CH4O4S/c1-4-6-8-10-12-14-16-18-20-22-24-26-28-30-32-34-41(48)45-38-36-43(40-47,44-3)37-39-46-42(49)35-33-31-29-27-25-23-21-19-17-15-13-11-9-7-5-2;1-5-6(2,3)4/h44,47H,4-40H2,1-3H3,(H,45,48)(H,46,49);1H3,(H,2,3,4). The molecule has 0 fully saturated rings. The first-order valence-electron chi connectivity index (χ1n) is 23.0. The van der Waals surface area contributed by atoms with Gasteiger partial charge in [-0.25, -0.2) is 0 Å². The van der Waals surface area contributed by atoms with Crippen molar-refractivity contribution in [3.63, 3.8) is 0 Å². The Morgan fingerprint density at radius 1 is 0.509 bits per heavy atom. The van der Waals surface area contributed by atoms with Crippen molar-refractivity contribution >= 4 is 22.2 Å². The minimum atomic E-state index is -4.16. The summed E-state index contributed by atoms with van der Waals surface area (Å²) >= 11 is 0. The molecule has 0 radical (unpaired) electrons. The van der Waals surface area contributed by atoms with Gasteiger partial charge in [-0.05, 0) is 32.7 Å². The number of aliphatic hydroxyl groups excluding tert-OH is 1. The summed E-state index contributed by atoms with van der Waals surface area (Å²) in [6, 6.07) is 0. The number of unbranched alkanes of at least 4 members (excludes halogenated alkanes) is 28. The number of rotatable bonds is 41. The summed E-state index contributed by atoms with van der Waals surface area (Å²) < 4.78 is 29.7. The lowest BCUT2D eigenvalue weighted by Gasteiger charge is -2.32. The molecule has 0 unspecified atom stereocenters. The molecule has 0 aliphatic carbocycles. The average molecular weight is 806 g/mol. The molecule has 0 aromatic heterocycles. The Labute approximate surface area is 340 Å². The maximum Gasteiger partial charge on any atom is 0.397 e. The second-order valence-electron chi connectivity index (χ2n) is 15.9. The quantitative estimate of drug-likeness (QED) is 0.0302. The molecule has 0 bridgehead atoms. The average Bonchev–Trinajstić information content (AvgIpc) is 3.17. The molecule has 0 heterocycles. The molecule has 0 aromatic carbocycles. The molecular weight excluding hydrogens is 715 g/mol. The van der Waals surface area contributed by atoms with Crippen LogP contribution in [0.4, 0.5) is 0 Å². The van der Waals surface area contributed by atoms with Crippen LogP contribution >= 0.6 is 0 Å². The second kappa shape index (κ2) is 42.3. The van der Waals surface area contributed by atoms with E-state index in [0.29, 0.717) is 38.8 Å². The first-order valence-corrected chi connectivity index (χ1v) is 24.3. The molecule has 0 rings (SSSR count). The summed E-state index contributed by atoms with van der Waals surface area (Å²) in [4.78, 5) is 24.7. The van der Waals surface area contributed by atoms with Crippen LogP contribution in [0.3, 0.4) is 0 Å². The summed E-state index contributed by atoms with van der Waals surface area (Å²) in [5, 5.41) is 19.5. The maximum absolute atomic E-state index is 12.4. The predicted octanol–water partition coefficient (Wildman–Crippen LogP) is 10.9. The van der Waals surface area contributed by atoms with E-state index in [9.17, 15) is 23.1 Å². The van der Waals surface area contributed by atoms with Crippen LogP contribution in [0.25, 0.3) is 0 Å². The van der Waals surface area contributed by atoms with Gasteiger partial charge in [-0.15, -0.1) is 0 Å². The van der Waals surface area contributed by atoms with Crippen molar-refractivity contribution in [3.05, 3.63) is 0 Å². The van der Waals surface area contributed by atoms with Gasteiger partial charge in [-0.1, -0.05) is 194 Å². The lowest BCUT2D eigenvalue weighted by atomic mass is 9.92. The van der Waals surface area contributed by atoms with Gasteiger partial charge in [0, 0.05) is 31.5 Å². The largest absolute Gasteiger partial charge is 0.397 e. The van der Waals surface area contributed by atoms with Gasteiger partial charge < -0.3 is 21.1 Å². The third kappa shape index (κ3) is 43.7. The van der Waals surface area contributed by atoms with Gasteiger partial charge in [0.1, 0.15) is 0 Å². The molecule has 0 saturated heterocycles. The Morgan fingerprint density at radius 3 is 0.945 bits per heavy atom. The van der Waals surface area contributed by atoms with Crippen LogP contribution in [0.15, 0.2) is 0 Å². The zero-order valence-electron chi connectivity index (χ0n) is 36.5. The number of amides is 2. The highest BCUT2D eigenvalue weighted by atomic mass is 32.3. The normalized spacial score (nSPS) is 11.7. The van der Waals surface area contributed by atoms with Crippen LogP contribution in [0, 0.1) is 0 Å². The molecule has 0 spiro atoms. The third-order valence-corrected chi connectivity index (χ3v) is 11.3. The molecule has 5 N–H and O–H groups in total. The minimum absolute atomic E-state index is 0.0205. The van der Waals surface area contributed by atoms with E-state index in [1.54, 1.807) is 0 Å². The SMILES string of the molecule is CCCCCCCCCCCCCCCCCC(=O)NCCC(CO)(CCNC(=O)CCCCCCCCCCCCCCCCC)NC.COS(=O)(=O)O. The van der Waals surface area contributed by atoms with Crippen molar-refractivity contribution < 1.29 is 31.8 Å². The molecular formula is C44H91N3O7S. The van der Waals surface area contributed by atoms with E-state index in [-0.39, 0.29) is 18.4 Å². The van der Waals surface area contributed by atoms with Crippen molar-refractivity contribution in [2.75, 3.05) is 33.9 Å². The summed E-state index contributed by atoms with van der Waals surface area (Å²) in [7, 11) is -1.44. The fourth-order valence-electron chi connectivity index (χ4n) is 6.99. The molecule has 0 aliphatic heterocycles. The first kappa shape index (κ1) is 55.8. The molecule has 0 aliphatic rings. The van der Waals surface area contributed by atoms with E-state index >= 15 is 0 Å². The minimum Gasteiger partial charge on any atom is -0.394 e. The Kier molecular flexibility index (Phi) is 43.0. The van der Waals surface area contributed by atoms with Crippen LogP contribution in [0.1, 0.15) is 232 Å². The monoisotopic (exact) mass is 806 g/mol. The van der Waals surface area contributed by atoms with Crippen LogP contribution in [0.5, 0.6) is 0 Å². The van der Waals surface area contributed by atoms with Crippen LogP contribution in [-0.2, 0) is 24.2 Å². The van der Waals surface area contributed by atoms with Crippen molar-refractivity contribution in [3.8, 4) is 0 Å². The molecule has 55 heavy (non-hydrogen) atoms. The molecule has 0 atom stereocenters. The number of carbonyl (C=O) groups excluding carboxylic acids is 2. The van der Waals surface area contributed by atoms with Crippen molar-refractivity contribution in [1.82, 2.24) is 16.0 Å². The van der Waals surface area contributed by atoms with Gasteiger partial charge >= 0.3 is 10.4 Å². The second-order valence-corrected chi connectivity index (χ2v) is 17.1. The lowest BCUT2D eigenvalue weighted by Crippen LogP contribution is -2.50. The Balaban J connectivity index is 0. The van der Waals surface area contributed by atoms with Crippen LogP contribution in [-0.4, -0.2) is 69.3 Å². The van der Waals surface area contributed by atoms with E-state index in [1.807, 2.05) is 7.05 Å². The topological polar surface area (TPSA) is 154 Å². The molecule has 11 heteroatoms. The zero-order valence-corrected chi connectivity index (χ0v) is 37.3. The van der Waals surface area contributed by atoms with Crippen LogP contribution in [0.2, 0.25) is 0 Å². The van der Waals surface area contributed by atoms with E-state index < -0.39 is 15.9 Å². The van der Waals surface area contributed by atoms with Gasteiger partial charge in [-0.3, -0.25) is 18.3 Å². The van der Waals surface area contributed by atoms with E-state index in [0.717, 1.165) is 32.8 Å². The number of aliphatic hydroxyl groups is 1. The summed E-state index contributed by atoms with van der Waals surface area (Å²) in [5.74, 6) is 0.212. The van der Waals surface area contributed by atoms with Gasteiger partial charge in [0.25, 0.3) is 0 Å². The smallest absolute Gasteiger partial charge is 0.394 e. The predicted molar refractivity (Wildman–Crippen MR) is 232 cm³/mol. The van der Waals surface area contributed by atoms with E-state index in [2.05, 4.69) is 34.0 Å². The Hall–Kier alpha value is -1.27. The van der Waals surface area contributed by atoms with Crippen molar-refractivity contribution in [2.24, 2.45) is 0 Å². The van der Waals surface area contributed by atoms with Gasteiger partial charge in [0.05, 0.1) is 13.7 Å². The highest BCUT2D eigenvalue weighted by molar-refractivity contribution is 7.80. The van der Waals surface area contributed by atoms with Crippen molar-refractivity contribution in [2.45, 2.75) is 238 Å². The number of likely N-dealkylation sites (N-methyl/N-ethyl adjacent to an activating group) is 1. The molecule has 0 aromatic rings. The Bertz CT molecular complexity index is 878. The van der Waals surface area contributed by atoms with Crippen molar-refractivity contribution in [1.29, 1.82) is 0 Å². The molecule has 2 amide bonds. The molecule has 0 saturated carbocycles. The van der Waals surface area contributed by atoms with Gasteiger partial charge in [-0.2, -0.15) is 8.42 Å². The Morgan fingerprint density at radius 2 is 0.745 bits per heavy atom. The number of carbonyl (C=O) groups is 2. The fraction of sp³-hybridized carbons (Fsp3) is 0.955. The highest BCUT2D eigenvalue weighted by Crippen LogP contribution is 2.16. The lowest BCUT2D eigenvalue weighted by molar-refractivity contribution is -0.121. The number of hydrogen-bond donors (Lipinski definition) is 5. The van der Waals surface area contributed by atoms with E-state index in [1.165, 1.54) is 167 Å². The van der Waals surface area contributed by atoms with Gasteiger partial charge in [0.15, 0.2) is 0 Å². The highest BCUT2D eigenvalue weighted by Gasteiger charge is 2.27. The number of nitrogens with one attached hydrogen (secondary N) is 3. The summed E-state index contributed by atoms with van der Waals surface area (Å²) in [6.45, 7) is 5.60. The first-order chi connectivity index (χ1) is 26.6. The summed E-state index contributed by atoms with van der Waals surface area (Å²) in [5.41, 5.74) is -0.496. The molecule has 330 valence electrons. The van der Waals surface area contributed by atoms with Crippen LogP contribution < -0.4 is 16.0 Å². The molecule has 10 nitrogen and oxygen atoms in total. The third-order valence-electron chi connectivity index (χ3n) is 10.9. The fourth-order valence-corrected chi connectivity index (χ4v) is 6.99. The number of hydrogen-bond acceptors (Lipinski definition) is 7. The zero-order chi connectivity index (χ0) is 41.1. The summed E-state index contributed by atoms with van der Waals surface area (Å²) in [6.07, 6.45) is 42.2. The van der Waals surface area contributed by atoms with E-state index in [4.69, 9.17) is 4.55 Å².